The minimum Gasteiger partial charge on any atom is -0.373 e. The maximum atomic E-state index is 13.2. The van der Waals surface area contributed by atoms with E-state index < -0.39 is 0 Å². The van der Waals surface area contributed by atoms with Gasteiger partial charge in [-0.15, -0.1) is 0 Å². The second-order valence-electron chi connectivity index (χ2n) is 13.7. The second kappa shape index (κ2) is 6.91. The van der Waals surface area contributed by atoms with Gasteiger partial charge in [0.1, 0.15) is 5.78 Å². The number of benzene rings is 1. The Balaban J connectivity index is 0.000000158. The van der Waals surface area contributed by atoms with Gasteiger partial charge in [-0.25, -0.2) is 0 Å². The summed E-state index contributed by atoms with van der Waals surface area (Å²) in [7, 11) is 0. The number of piperidine rings is 2. The number of amides is 1. The summed E-state index contributed by atoms with van der Waals surface area (Å²) in [6.45, 7) is 9.64. The number of fused-ring (bicyclic) bond motifs is 4. The van der Waals surface area contributed by atoms with Crippen LogP contribution in [0.5, 0.6) is 0 Å². The van der Waals surface area contributed by atoms with Crippen LogP contribution in [0.25, 0.3) is 0 Å². The van der Waals surface area contributed by atoms with Crippen LogP contribution < -0.4 is 4.90 Å². The van der Waals surface area contributed by atoms with Gasteiger partial charge >= 0.3 is 0 Å². The molecule has 0 radical (unpaired) electrons. The molecule has 2 unspecified atom stereocenters. The molecule has 8 atom stereocenters. The Bertz CT molecular complexity index is 1220. The van der Waals surface area contributed by atoms with E-state index in [0.717, 1.165) is 19.4 Å². The third kappa shape index (κ3) is 2.37. The number of Topliss-reactive ketones (excluding diaryl/α,β-unsaturated/α-hetero) is 1. The number of carbonyl (C=O) groups is 2. The molecule has 0 aromatic heterocycles. The zero-order chi connectivity index (χ0) is 24.6. The van der Waals surface area contributed by atoms with Crippen LogP contribution in [0.2, 0.25) is 0 Å². The largest absolute Gasteiger partial charge is 0.373 e. The maximum absolute atomic E-state index is 13.2. The molecule has 36 heavy (non-hydrogen) atoms. The fraction of sp³-hybridized carbons (Fsp3) is 0.677. The molecular formula is C31H38N2O3. The summed E-state index contributed by atoms with van der Waals surface area (Å²) in [6.07, 6.45) is 8.68. The summed E-state index contributed by atoms with van der Waals surface area (Å²) >= 11 is 0. The van der Waals surface area contributed by atoms with Crippen LogP contribution in [0.3, 0.4) is 0 Å². The molecular weight excluding hydrogens is 448 g/mol. The molecule has 3 saturated carbocycles. The summed E-state index contributed by atoms with van der Waals surface area (Å²) in [4.78, 5) is 29.7. The van der Waals surface area contributed by atoms with Crippen LogP contribution in [0.4, 0.5) is 5.69 Å². The van der Waals surface area contributed by atoms with Gasteiger partial charge in [-0.1, -0.05) is 50.6 Å². The van der Waals surface area contributed by atoms with E-state index in [1.807, 2.05) is 0 Å². The third-order valence-electron chi connectivity index (χ3n) is 12.7. The highest BCUT2D eigenvalue weighted by Gasteiger charge is 2.71. The highest BCUT2D eigenvalue weighted by Crippen LogP contribution is 2.66. The summed E-state index contributed by atoms with van der Waals surface area (Å²) < 4.78 is 6.25. The lowest BCUT2D eigenvalue weighted by Gasteiger charge is -2.58. The third-order valence-corrected chi connectivity index (χ3v) is 12.7. The monoisotopic (exact) mass is 486 g/mol. The smallest absolute Gasteiger partial charge is 0.229 e. The van der Waals surface area contributed by atoms with E-state index in [2.05, 4.69) is 60.9 Å². The molecule has 4 bridgehead atoms. The molecule has 5 nitrogen and oxygen atoms in total. The van der Waals surface area contributed by atoms with Crippen LogP contribution in [-0.4, -0.2) is 54.5 Å². The number of anilines is 1. The number of nitrogens with zero attached hydrogens (tertiary/aromatic N) is 2. The standard InChI is InChI=1S/C21H22N2O2.C10H16O/c24-18-10-16-19-13-9-17-21(6-7-22(17)11-12(13)5-8-25-16)14-3-1-2-4-15(14)23(18)20(19)21;1-9(2)7-4-5-10(9,3)8(11)6-7/h1-5,13,16-17,19-20H,6-11H2;7H,4-6H2,1-3H3/t13-,16-,17-,19-,20-,21+;/m0./s1. The van der Waals surface area contributed by atoms with Gasteiger partial charge in [-0.3, -0.25) is 14.5 Å². The molecule has 1 spiro atoms. The maximum Gasteiger partial charge on any atom is 0.229 e. The Kier molecular flexibility index (Phi) is 4.23. The van der Waals surface area contributed by atoms with Crippen LogP contribution in [0.15, 0.2) is 35.9 Å². The van der Waals surface area contributed by atoms with Gasteiger partial charge < -0.3 is 9.64 Å². The molecule has 6 fully saturated rings. The van der Waals surface area contributed by atoms with Crippen molar-refractivity contribution in [3.63, 3.8) is 0 Å². The number of rotatable bonds is 0. The van der Waals surface area contributed by atoms with Gasteiger partial charge in [-0.2, -0.15) is 0 Å². The Morgan fingerprint density at radius 2 is 1.89 bits per heavy atom. The van der Waals surface area contributed by atoms with Crippen molar-refractivity contribution >= 4 is 17.4 Å². The summed E-state index contributed by atoms with van der Waals surface area (Å²) in [6, 6.07) is 9.64. The van der Waals surface area contributed by atoms with E-state index >= 15 is 0 Å². The first-order valence-electron chi connectivity index (χ1n) is 14.3. The first kappa shape index (κ1) is 22.0. The average Bonchev–Trinajstić information content (AvgIpc) is 3.47. The molecule has 5 heterocycles. The normalized spacial score (nSPS) is 46.2. The fourth-order valence-electron chi connectivity index (χ4n) is 10.4. The molecule has 1 aromatic carbocycles. The molecule has 1 amide bonds. The summed E-state index contributed by atoms with van der Waals surface area (Å²) in [5.74, 6) is 2.54. The molecule has 1 aromatic rings. The Morgan fingerprint density at radius 3 is 2.61 bits per heavy atom. The van der Waals surface area contributed by atoms with E-state index in [1.165, 1.54) is 37.1 Å². The number of hydrogen-bond donors (Lipinski definition) is 0. The molecule has 5 aliphatic heterocycles. The minimum atomic E-state index is 0.0255. The molecule has 190 valence electrons. The molecule has 3 saturated heterocycles. The van der Waals surface area contributed by atoms with Gasteiger partial charge in [0, 0.05) is 41.4 Å². The molecule has 0 N–H and O–H groups in total. The van der Waals surface area contributed by atoms with E-state index in [0.29, 0.717) is 48.6 Å². The lowest BCUT2D eigenvalue weighted by molar-refractivity contribution is -0.132. The zero-order valence-electron chi connectivity index (χ0n) is 21.8. The SMILES string of the molecule is CC12CCC(CC1=O)C2(C)C.O=C1C[C@@H]2OCC=C3CN4CC[C@]56c7ccccc7N1[C@H]5[C@H]2[C@H]3C[C@H]46. The van der Waals surface area contributed by atoms with Crippen molar-refractivity contribution in [3.8, 4) is 0 Å². The van der Waals surface area contributed by atoms with E-state index in [-0.39, 0.29) is 28.3 Å². The van der Waals surface area contributed by atoms with E-state index in [9.17, 15) is 9.59 Å². The molecule has 8 aliphatic rings. The van der Waals surface area contributed by atoms with Crippen molar-refractivity contribution in [1.29, 1.82) is 0 Å². The molecule has 9 rings (SSSR count). The Hall–Kier alpha value is -1.98. The lowest BCUT2D eigenvalue weighted by Crippen LogP contribution is -2.69. The summed E-state index contributed by atoms with van der Waals surface area (Å²) in [5.41, 5.74) is 4.66. The van der Waals surface area contributed by atoms with Gasteiger partial charge in [0.05, 0.1) is 25.2 Å². The second-order valence-corrected chi connectivity index (χ2v) is 13.7. The number of ketones is 1. The highest BCUT2D eigenvalue weighted by atomic mass is 16.5. The minimum absolute atomic E-state index is 0.0255. The lowest BCUT2D eigenvalue weighted by atomic mass is 9.53. The van der Waals surface area contributed by atoms with Crippen molar-refractivity contribution < 1.29 is 14.3 Å². The van der Waals surface area contributed by atoms with Crippen molar-refractivity contribution in [2.75, 3.05) is 24.6 Å². The Morgan fingerprint density at radius 1 is 1.06 bits per heavy atom. The topological polar surface area (TPSA) is 49.9 Å². The Labute approximate surface area is 214 Å². The van der Waals surface area contributed by atoms with Crippen molar-refractivity contribution in [1.82, 2.24) is 4.90 Å². The molecule has 3 aliphatic carbocycles. The first-order chi connectivity index (χ1) is 17.3. The van der Waals surface area contributed by atoms with Gasteiger partial charge in [0.15, 0.2) is 0 Å². The predicted molar refractivity (Wildman–Crippen MR) is 138 cm³/mol. The molecule has 5 heteroatoms. The van der Waals surface area contributed by atoms with Gasteiger partial charge in [0.25, 0.3) is 0 Å². The average molecular weight is 487 g/mol. The number of ether oxygens (including phenoxy) is 1. The zero-order valence-corrected chi connectivity index (χ0v) is 21.8. The van der Waals surface area contributed by atoms with Crippen molar-refractivity contribution in [2.24, 2.45) is 28.6 Å². The van der Waals surface area contributed by atoms with Crippen LogP contribution in [0, 0.1) is 28.6 Å². The number of carbonyl (C=O) groups excluding carboxylic acids is 2. The summed E-state index contributed by atoms with van der Waals surface area (Å²) in [5, 5.41) is 0. The van der Waals surface area contributed by atoms with Crippen molar-refractivity contribution in [3.05, 3.63) is 41.5 Å². The van der Waals surface area contributed by atoms with Gasteiger partial charge in [-0.05, 0) is 61.1 Å². The first-order valence-corrected chi connectivity index (χ1v) is 14.3. The van der Waals surface area contributed by atoms with E-state index in [1.54, 1.807) is 5.57 Å². The number of para-hydroxylation sites is 1. The highest BCUT2D eigenvalue weighted by molar-refractivity contribution is 5.99. The predicted octanol–water partition coefficient (Wildman–Crippen LogP) is 4.49. The van der Waals surface area contributed by atoms with Crippen LogP contribution in [-0.2, 0) is 19.7 Å². The number of hydrogen-bond acceptors (Lipinski definition) is 4. The fourth-order valence-corrected chi connectivity index (χ4v) is 10.4. The van der Waals surface area contributed by atoms with Gasteiger partial charge in [0.2, 0.25) is 5.91 Å². The van der Waals surface area contributed by atoms with Crippen LogP contribution in [0.1, 0.15) is 64.9 Å². The van der Waals surface area contributed by atoms with Crippen LogP contribution >= 0.6 is 0 Å². The quantitative estimate of drug-likeness (QED) is 0.507. The van der Waals surface area contributed by atoms with E-state index in [4.69, 9.17) is 4.74 Å². The van der Waals surface area contributed by atoms with Crippen molar-refractivity contribution in [2.45, 2.75) is 82.9 Å².